The minimum absolute atomic E-state index is 0.132. The molecule has 0 radical (unpaired) electrons. The number of benzene rings is 2. The minimum Gasteiger partial charge on any atom is -0.379 e. The fraction of sp³-hybridized carbons (Fsp3) is 0.409. The smallest absolute Gasteiger partial charge is 0.379 e. The van der Waals surface area contributed by atoms with E-state index in [1.165, 1.54) is 22.5 Å². The Morgan fingerprint density at radius 2 is 1.75 bits per heavy atom. The summed E-state index contributed by atoms with van der Waals surface area (Å²) >= 11 is 0. The van der Waals surface area contributed by atoms with Crippen LogP contribution in [0.25, 0.3) is 0 Å². The van der Waals surface area contributed by atoms with Gasteiger partial charge in [0.15, 0.2) is 0 Å². The fourth-order valence-corrected chi connectivity index (χ4v) is 5.55. The lowest BCUT2D eigenvalue weighted by molar-refractivity contribution is -0.137. The maximum atomic E-state index is 13.0. The van der Waals surface area contributed by atoms with E-state index in [2.05, 4.69) is 5.32 Å². The van der Waals surface area contributed by atoms with Crippen LogP contribution in [0, 0.1) is 12.8 Å². The molecule has 2 aromatic carbocycles. The average molecular weight is 468 g/mol. The number of anilines is 1. The Morgan fingerprint density at radius 1 is 1.09 bits per heavy atom. The van der Waals surface area contributed by atoms with Crippen LogP contribution in [0.4, 0.5) is 18.9 Å². The van der Waals surface area contributed by atoms with E-state index in [0.29, 0.717) is 36.4 Å². The Kier molecular flexibility index (Phi) is 6.04. The highest BCUT2D eigenvalue weighted by Crippen LogP contribution is 2.48. The van der Waals surface area contributed by atoms with Gasteiger partial charge in [0.2, 0.25) is 15.9 Å². The van der Waals surface area contributed by atoms with Crippen LogP contribution in [-0.4, -0.2) is 44.9 Å². The number of ether oxygens (including phenoxy) is 1. The molecular weight excluding hydrogens is 445 g/mol. The van der Waals surface area contributed by atoms with Gasteiger partial charge in [0.05, 0.1) is 23.7 Å². The summed E-state index contributed by atoms with van der Waals surface area (Å²) in [6.45, 7) is 2.91. The van der Waals surface area contributed by atoms with E-state index in [9.17, 15) is 26.4 Å². The van der Waals surface area contributed by atoms with E-state index in [1.807, 2.05) is 0 Å². The molecule has 2 atom stereocenters. The summed E-state index contributed by atoms with van der Waals surface area (Å²) in [6.07, 6.45) is -3.87. The second kappa shape index (κ2) is 8.49. The molecule has 2 aromatic rings. The molecule has 1 aliphatic carbocycles. The van der Waals surface area contributed by atoms with E-state index in [-0.39, 0.29) is 35.7 Å². The van der Waals surface area contributed by atoms with Gasteiger partial charge in [-0.05, 0) is 54.7 Å². The second-order valence-electron chi connectivity index (χ2n) is 8.05. The van der Waals surface area contributed by atoms with Crippen molar-refractivity contribution >= 4 is 21.6 Å². The van der Waals surface area contributed by atoms with Gasteiger partial charge >= 0.3 is 6.18 Å². The van der Waals surface area contributed by atoms with Crippen LogP contribution in [0.1, 0.15) is 29.0 Å². The van der Waals surface area contributed by atoms with E-state index >= 15 is 0 Å². The molecule has 6 nitrogen and oxygen atoms in total. The Morgan fingerprint density at radius 3 is 2.38 bits per heavy atom. The molecule has 1 saturated carbocycles. The van der Waals surface area contributed by atoms with Gasteiger partial charge in [0, 0.05) is 24.7 Å². The van der Waals surface area contributed by atoms with Gasteiger partial charge in [0.1, 0.15) is 0 Å². The predicted octanol–water partition coefficient (Wildman–Crippen LogP) is 3.78. The molecule has 1 amide bonds. The van der Waals surface area contributed by atoms with E-state index < -0.39 is 21.8 Å². The third-order valence-electron chi connectivity index (χ3n) is 5.84. The number of halogens is 3. The number of sulfonamides is 1. The van der Waals surface area contributed by atoms with Crippen molar-refractivity contribution in [2.24, 2.45) is 5.92 Å². The van der Waals surface area contributed by atoms with Crippen LogP contribution in [0.15, 0.2) is 47.4 Å². The maximum absolute atomic E-state index is 13.0. The monoisotopic (exact) mass is 468 g/mol. The molecule has 0 spiro atoms. The van der Waals surface area contributed by atoms with Gasteiger partial charge in [-0.1, -0.05) is 18.2 Å². The number of nitrogens with zero attached hydrogens (tertiary/aromatic N) is 1. The Balaban J connectivity index is 1.45. The first-order valence-corrected chi connectivity index (χ1v) is 11.7. The number of aryl methyl sites for hydroxylation is 1. The fourth-order valence-electron chi connectivity index (χ4n) is 3.89. The molecule has 0 bridgehead atoms. The summed E-state index contributed by atoms with van der Waals surface area (Å²) in [5.41, 5.74) is 0.892. The standard InChI is InChI=1S/C22H23F3N2O4S/c1-14-2-7-17(12-20(14)32(29,30)27-8-10-31-11-9-27)26-21(28)19-13-18(19)15-3-5-16(6-4-15)22(23,24)25/h2-7,12,18-19H,8-11,13H2,1H3,(H,26,28). The number of morpholine rings is 1. The van der Waals surface area contributed by atoms with Crippen LogP contribution in [-0.2, 0) is 25.7 Å². The largest absolute Gasteiger partial charge is 0.416 e. The quantitative estimate of drug-likeness (QED) is 0.725. The van der Waals surface area contributed by atoms with Gasteiger partial charge < -0.3 is 10.1 Å². The SMILES string of the molecule is Cc1ccc(NC(=O)C2CC2c2ccc(C(F)(F)F)cc2)cc1S(=O)(=O)N1CCOCC1. The lowest BCUT2D eigenvalue weighted by Gasteiger charge is -2.26. The van der Waals surface area contributed by atoms with Crippen molar-refractivity contribution in [1.82, 2.24) is 4.31 Å². The highest BCUT2D eigenvalue weighted by molar-refractivity contribution is 7.89. The second-order valence-corrected chi connectivity index (χ2v) is 9.96. The number of carbonyl (C=O) groups excluding carboxylic acids is 1. The number of amides is 1. The Hall–Kier alpha value is -2.43. The zero-order valence-electron chi connectivity index (χ0n) is 17.4. The zero-order chi connectivity index (χ0) is 23.1. The van der Waals surface area contributed by atoms with Crippen LogP contribution < -0.4 is 5.32 Å². The molecule has 10 heteroatoms. The van der Waals surface area contributed by atoms with Crippen molar-refractivity contribution in [3.05, 3.63) is 59.2 Å². The molecule has 172 valence electrons. The van der Waals surface area contributed by atoms with Crippen molar-refractivity contribution in [3.8, 4) is 0 Å². The molecule has 1 heterocycles. The molecule has 1 saturated heterocycles. The van der Waals surface area contributed by atoms with Crippen LogP contribution >= 0.6 is 0 Å². The number of carbonyl (C=O) groups is 1. The topological polar surface area (TPSA) is 75.7 Å². The molecule has 1 aliphatic heterocycles. The van der Waals surface area contributed by atoms with Gasteiger partial charge in [-0.3, -0.25) is 4.79 Å². The maximum Gasteiger partial charge on any atom is 0.416 e. The summed E-state index contributed by atoms with van der Waals surface area (Å²) in [5, 5.41) is 2.76. The summed E-state index contributed by atoms with van der Waals surface area (Å²) in [7, 11) is -3.72. The zero-order valence-corrected chi connectivity index (χ0v) is 18.2. The summed E-state index contributed by atoms with van der Waals surface area (Å²) in [5.74, 6) is -0.805. The number of nitrogens with one attached hydrogen (secondary N) is 1. The van der Waals surface area contributed by atoms with Gasteiger partial charge in [-0.15, -0.1) is 0 Å². The normalized spacial score (nSPS) is 21.9. The summed E-state index contributed by atoms with van der Waals surface area (Å²) < 4.78 is 70.8. The van der Waals surface area contributed by atoms with E-state index in [4.69, 9.17) is 4.74 Å². The third-order valence-corrected chi connectivity index (χ3v) is 7.88. The minimum atomic E-state index is -4.40. The van der Waals surface area contributed by atoms with Gasteiger partial charge in [-0.25, -0.2) is 8.42 Å². The highest BCUT2D eigenvalue weighted by atomic mass is 32.2. The van der Waals surface area contributed by atoms with Gasteiger partial charge in [0.25, 0.3) is 0 Å². The van der Waals surface area contributed by atoms with Crippen molar-refractivity contribution in [2.45, 2.75) is 30.3 Å². The first-order valence-electron chi connectivity index (χ1n) is 10.2. The number of hydrogen-bond acceptors (Lipinski definition) is 4. The lowest BCUT2D eigenvalue weighted by Crippen LogP contribution is -2.40. The number of hydrogen-bond donors (Lipinski definition) is 1. The van der Waals surface area contributed by atoms with Crippen LogP contribution in [0.3, 0.4) is 0 Å². The molecule has 2 unspecified atom stereocenters. The van der Waals surface area contributed by atoms with E-state index in [1.54, 1.807) is 19.1 Å². The first-order chi connectivity index (χ1) is 15.1. The molecule has 0 aromatic heterocycles. The van der Waals surface area contributed by atoms with Crippen molar-refractivity contribution < 1.29 is 31.1 Å². The van der Waals surface area contributed by atoms with Crippen molar-refractivity contribution in [2.75, 3.05) is 31.6 Å². The van der Waals surface area contributed by atoms with Gasteiger partial charge in [-0.2, -0.15) is 17.5 Å². The summed E-state index contributed by atoms with van der Waals surface area (Å²) in [4.78, 5) is 12.8. The third kappa shape index (κ3) is 4.67. The Labute approximate surface area is 184 Å². The first kappa shape index (κ1) is 22.8. The van der Waals surface area contributed by atoms with Crippen molar-refractivity contribution in [1.29, 1.82) is 0 Å². The molecule has 4 rings (SSSR count). The molecule has 32 heavy (non-hydrogen) atoms. The predicted molar refractivity (Wildman–Crippen MR) is 112 cm³/mol. The molecule has 1 N–H and O–H groups in total. The van der Waals surface area contributed by atoms with Crippen LogP contribution in [0.5, 0.6) is 0 Å². The number of alkyl halides is 3. The average Bonchev–Trinajstić information content (AvgIpc) is 3.56. The Bertz CT molecular complexity index is 1110. The highest BCUT2D eigenvalue weighted by Gasteiger charge is 2.44. The van der Waals surface area contributed by atoms with Crippen molar-refractivity contribution in [3.63, 3.8) is 0 Å². The molecule has 2 aliphatic rings. The molecular formula is C22H23F3N2O4S. The summed E-state index contributed by atoms with van der Waals surface area (Å²) in [6, 6.07) is 9.58. The van der Waals surface area contributed by atoms with E-state index in [0.717, 1.165) is 12.1 Å². The molecule has 2 fully saturated rings. The number of rotatable bonds is 5. The van der Waals surface area contributed by atoms with Crippen LogP contribution in [0.2, 0.25) is 0 Å². The lowest BCUT2D eigenvalue weighted by atomic mass is 10.1.